The number of rotatable bonds is 8. The van der Waals surface area contributed by atoms with Crippen LogP contribution in [0.15, 0.2) is 32.3 Å². The largest absolute Gasteiger partial charge is 0.365 e. The van der Waals surface area contributed by atoms with E-state index in [0.717, 1.165) is 0 Å². The van der Waals surface area contributed by atoms with Crippen LogP contribution < -0.4 is 10.8 Å². The number of aliphatic imine (C=N–C) groups is 1. The first-order valence-electron chi connectivity index (χ1n) is 9.72. The molecule has 2 heterocycles. The number of nitrogens with zero attached hydrogens (tertiary/aromatic N) is 4. The smallest absolute Gasteiger partial charge is 0.338 e. The topological polar surface area (TPSA) is 142 Å². The summed E-state index contributed by atoms with van der Waals surface area (Å²) in [6, 6.07) is 4.08. The van der Waals surface area contributed by atoms with Crippen molar-refractivity contribution in [1.29, 1.82) is 0 Å². The molecule has 1 aromatic heterocycles. The predicted molar refractivity (Wildman–Crippen MR) is 117 cm³/mol. The van der Waals surface area contributed by atoms with Crippen molar-refractivity contribution in [2.75, 3.05) is 25.0 Å². The summed E-state index contributed by atoms with van der Waals surface area (Å²) in [5.74, 6) is -0.321. The van der Waals surface area contributed by atoms with E-state index < -0.39 is 27.6 Å². The summed E-state index contributed by atoms with van der Waals surface area (Å²) in [4.78, 5) is 4.20. The second kappa shape index (κ2) is 9.79. The maximum Gasteiger partial charge on any atom is 0.338 e. The molecule has 1 aliphatic heterocycles. The summed E-state index contributed by atoms with van der Waals surface area (Å²) < 4.78 is 49.5. The fourth-order valence-electron chi connectivity index (χ4n) is 3.19. The maximum atomic E-state index is 13.4. The molecule has 0 radical (unpaired) electrons. The van der Waals surface area contributed by atoms with E-state index in [0.29, 0.717) is 25.2 Å². The highest BCUT2D eigenvalue weighted by atomic mass is 79.9. The molecule has 0 unspecified atom stereocenters. The number of nitrogens with one attached hydrogen (secondary N) is 2. The first-order valence-corrected chi connectivity index (χ1v) is 11.9. The molecule has 0 bridgehead atoms. The van der Waals surface area contributed by atoms with Gasteiger partial charge < -0.3 is 5.32 Å². The van der Waals surface area contributed by atoms with Gasteiger partial charge >= 0.3 is 10.3 Å². The van der Waals surface area contributed by atoms with E-state index in [2.05, 4.69) is 36.6 Å². The van der Waals surface area contributed by atoms with Gasteiger partial charge in [-0.3, -0.25) is 14.9 Å². The number of hydrogen-bond acceptors (Lipinski definition) is 9. The van der Waals surface area contributed by atoms with Crippen LogP contribution in [-0.4, -0.2) is 59.8 Å². The molecule has 32 heavy (non-hydrogen) atoms. The summed E-state index contributed by atoms with van der Waals surface area (Å²) in [5.41, 5.74) is 1.98. The van der Waals surface area contributed by atoms with Crippen LogP contribution in [0.25, 0.3) is 0 Å². The third-order valence-electron chi connectivity index (χ3n) is 4.80. The van der Waals surface area contributed by atoms with Crippen molar-refractivity contribution in [3.8, 4) is 0 Å². The average molecular weight is 535 g/mol. The molecule has 1 fully saturated rings. The van der Waals surface area contributed by atoms with Crippen LogP contribution >= 0.6 is 15.9 Å². The predicted octanol–water partition coefficient (Wildman–Crippen LogP) is 2.82. The van der Waals surface area contributed by atoms with Gasteiger partial charge in [0.15, 0.2) is 11.5 Å². The zero-order valence-electron chi connectivity index (χ0n) is 17.7. The van der Waals surface area contributed by atoms with Crippen molar-refractivity contribution in [2.45, 2.75) is 33.3 Å². The van der Waals surface area contributed by atoms with Gasteiger partial charge in [0, 0.05) is 19.6 Å². The molecule has 3 rings (SSSR count). The fourth-order valence-corrected chi connectivity index (χ4v) is 4.95. The van der Waals surface area contributed by atoms with E-state index in [-0.39, 0.29) is 28.4 Å². The first-order chi connectivity index (χ1) is 15.0. The zero-order chi connectivity index (χ0) is 23.5. The number of aromatic nitrogens is 2. The molecule has 2 aromatic rings. The van der Waals surface area contributed by atoms with E-state index in [1.165, 1.54) is 22.5 Å². The second-order valence-electron chi connectivity index (χ2n) is 7.98. The van der Waals surface area contributed by atoms with Crippen molar-refractivity contribution in [3.05, 3.63) is 34.2 Å². The van der Waals surface area contributed by atoms with Crippen LogP contribution in [0.5, 0.6) is 0 Å². The Morgan fingerprint density at radius 3 is 2.88 bits per heavy atom. The van der Waals surface area contributed by atoms with Gasteiger partial charge in [-0.25, -0.2) is 14.0 Å². The number of hydroxylamine groups is 1. The fraction of sp³-hybridized carbons (Fsp3) is 0.500. The van der Waals surface area contributed by atoms with E-state index >= 15 is 0 Å². The van der Waals surface area contributed by atoms with Crippen LogP contribution in [0.1, 0.15) is 32.9 Å². The first kappa shape index (κ1) is 24.5. The highest BCUT2D eigenvalue weighted by Gasteiger charge is 2.40. The Morgan fingerprint density at radius 2 is 2.22 bits per heavy atom. The van der Waals surface area contributed by atoms with Crippen molar-refractivity contribution in [2.24, 2.45) is 10.4 Å². The van der Waals surface area contributed by atoms with Gasteiger partial charge in [0.1, 0.15) is 5.82 Å². The number of anilines is 1. The lowest BCUT2D eigenvalue weighted by Gasteiger charge is -2.25. The van der Waals surface area contributed by atoms with Crippen LogP contribution in [-0.2, 0) is 14.5 Å². The second-order valence-corrected chi connectivity index (χ2v) is 10.4. The van der Waals surface area contributed by atoms with Crippen molar-refractivity contribution in [1.82, 2.24) is 20.1 Å². The molecule has 0 amide bonds. The van der Waals surface area contributed by atoms with Crippen LogP contribution in [0, 0.1) is 11.2 Å². The lowest BCUT2D eigenvalue weighted by atomic mass is 9.90. The van der Waals surface area contributed by atoms with E-state index in [1.54, 1.807) is 13.8 Å². The minimum absolute atomic E-state index is 0.0710. The molecule has 1 aliphatic rings. The Kier molecular flexibility index (Phi) is 7.50. The van der Waals surface area contributed by atoms with Gasteiger partial charge in [-0.1, -0.05) is 6.92 Å². The molecular formula is C18H24BrFN6O5S. The molecule has 11 nitrogen and oxygen atoms in total. The summed E-state index contributed by atoms with van der Waals surface area (Å²) in [5, 5.41) is 20.2. The quantitative estimate of drug-likeness (QED) is 0.264. The molecule has 0 aliphatic carbocycles. The maximum absolute atomic E-state index is 13.4. The molecule has 1 atom stereocenters. The van der Waals surface area contributed by atoms with Crippen LogP contribution in [0.3, 0.4) is 0 Å². The molecule has 1 aromatic carbocycles. The highest BCUT2D eigenvalue weighted by Crippen LogP contribution is 2.32. The Hall–Kier alpha value is -2.13. The summed E-state index contributed by atoms with van der Waals surface area (Å²) >= 11 is 3.08. The standard InChI is InChI=1S/C18H24BrFN6O5S/c1-11(2)30-32(28,29)26-7-6-18(3,10-26)9-21-16-15(24-31-25-16)17(23-27)22-12-4-5-14(20)13(19)8-12/h4-5,8,11,27H,6-7,9-10H2,1-3H3,(H,21,25)(H,22,23)/t18-/m0/s1. The van der Waals surface area contributed by atoms with Crippen LogP contribution in [0.4, 0.5) is 15.9 Å². The molecule has 1 saturated heterocycles. The number of amidine groups is 1. The van der Waals surface area contributed by atoms with Gasteiger partial charge in [0.05, 0.1) is 16.3 Å². The molecule has 14 heteroatoms. The van der Waals surface area contributed by atoms with Gasteiger partial charge in [0.25, 0.3) is 0 Å². The summed E-state index contributed by atoms with van der Waals surface area (Å²) in [7, 11) is -3.80. The minimum Gasteiger partial charge on any atom is -0.365 e. The van der Waals surface area contributed by atoms with E-state index in [4.69, 9.17) is 8.81 Å². The number of hydrogen-bond donors (Lipinski definition) is 3. The molecular weight excluding hydrogens is 511 g/mol. The number of halogens is 2. The Labute approximate surface area is 193 Å². The van der Waals surface area contributed by atoms with Crippen LogP contribution in [0.2, 0.25) is 0 Å². The van der Waals surface area contributed by atoms with E-state index in [9.17, 15) is 18.0 Å². The zero-order valence-corrected chi connectivity index (χ0v) is 20.1. The SMILES string of the molecule is CC(C)OS(=O)(=O)N1CC[C@@](C)(CNc2nonc2C(=Nc2ccc(F)c(Br)c2)NO)C1. The van der Waals surface area contributed by atoms with Gasteiger partial charge in [0.2, 0.25) is 5.82 Å². The summed E-state index contributed by atoms with van der Waals surface area (Å²) in [6.45, 7) is 6.20. The monoisotopic (exact) mass is 534 g/mol. The van der Waals surface area contributed by atoms with Gasteiger partial charge in [-0.05, 0) is 70.1 Å². The minimum atomic E-state index is -3.80. The molecule has 0 saturated carbocycles. The number of benzene rings is 1. The molecule has 176 valence electrons. The highest BCUT2D eigenvalue weighted by molar-refractivity contribution is 9.10. The van der Waals surface area contributed by atoms with Crippen molar-refractivity contribution >= 4 is 43.6 Å². The summed E-state index contributed by atoms with van der Waals surface area (Å²) in [6.07, 6.45) is 0.156. The van der Waals surface area contributed by atoms with Gasteiger partial charge in [-0.2, -0.15) is 12.7 Å². The molecule has 3 N–H and O–H groups in total. The van der Waals surface area contributed by atoms with Gasteiger partial charge in [-0.15, -0.1) is 0 Å². The van der Waals surface area contributed by atoms with E-state index in [1.807, 2.05) is 12.4 Å². The third-order valence-corrected chi connectivity index (χ3v) is 6.98. The average Bonchev–Trinajstić information content (AvgIpc) is 3.34. The lowest BCUT2D eigenvalue weighted by molar-refractivity contribution is 0.218. The van der Waals surface area contributed by atoms with Crippen molar-refractivity contribution < 1.29 is 26.8 Å². The Morgan fingerprint density at radius 1 is 1.47 bits per heavy atom. The Bertz CT molecular complexity index is 1100. The normalized spacial score (nSPS) is 20.2. The lowest BCUT2D eigenvalue weighted by Crippen LogP contribution is -2.36. The Balaban J connectivity index is 1.72. The van der Waals surface area contributed by atoms with Crippen molar-refractivity contribution in [3.63, 3.8) is 0 Å². The molecule has 0 spiro atoms. The third kappa shape index (κ3) is 5.81.